The highest BCUT2D eigenvalue weighted by molar-refractivity contribution is 7.90. The Morgan fingerprint density at radius 2 is 1.48 bits per heavy atom. The van der Waals surface area contributed by atoms with Crippen molar-refractivity contribution in [2.75, 3.05) is 7.05 Å². The van der Waals surface area contributed by atoms with Gasteiger partial charge in [-0.15, -0.1) is 0 Å². The summed E-state index contributed by atoms with van der Waals surface area (Å²) >= 11 is 0. The molecular formula is C16H19N3O4S2. The van der Waals surface area contributed by atoms with E-state index in [1.807, 2.05) is 18.2 Å². The van der Waals surface area contributed by atoms with Gasteiger partial charge in [-0.2, -0.15) is 0 Å². The summed E-state index contributed by atoms with van der Waals surface area (Å²) in [4.78, 5) is 0.0328. The molecule has 0 saturated carbocycles. The van der Waals surface area contributed by atoms with Crippen molar-refractivity contribution in [2.24, 2.45) is 0 Å². The third-order valence-electron chi connectivity index (χ3n) is 4.08. The number of hydrogen-bond acceptors (Lipinski definition) is 5. The normalized spacial score (nSPS) is 14.4. The van der Waals surface area contributed by atoms with Gasteiger partial charge < -0.3 is 5.32 Å². The van der Waals surface area contributed by atoms with E-state index in [1.54, 1.807) is 0 Å². The van der Waals surface area contributed by atoms with Crippen LogP contribution in [0.25, 0.3) is 0 Å². The van der Waals surface area contributed by atoms with Crippen molar-refractivity contribution in [1.82, 2.24) is 14.8 Å². The molecule has 0 unspecified atom stereocenters. The molecule has 0 fully saturated rings. The molecule has 134 valence electrons. The van der Waals surface area contributed by atoms with Gasteiger partial charge in [0.25, 0.3) is 0 Å². The quantitative estimate of drug-likeness (QED) is 0.682. The average molecular weight is 381 g/mol. The number of sulfonamides is 2. The molecule has 0 radical (unpaired) electrons. The molecule has 9 heteroatoms. The molecule has 7 nitrogen and oxygen atoms in total. The van der Waals surface area contributed by atoms with E-state index >= 15 is 0 Å². The Labute approximate surface area is 147 Å². The first-order chi connectivity index (χ1) is 11.8. The molecule has 2 aromatic carbocycles. The van der Waals surface area contributed by atoms with Crippen LogP contribution >= 0.6 is 0 Å². The first-order valence-corrected chi connectivity index (χ1v) is 10.6. The van der Waals surface area contributed by atoms with Gasteiger partial charge in [0.2, 0.25) is 20.0 Å². The lowest BCUT2D eigenvalue weighted by Crippen LogP contribution is -2.23. The van der Waals surface area contributed by atoms with E-state index in [-0.39, 0.29) is 16.3 Å². The largest absolute Gasteiger partial charge is 0.309 e. The molecule has 1 aliphatic rings. The SMILES string of the molecule is CNS(=O)(=O)c1ccc(S(=O)(=O)NCc2ccc3c(c2)CNC3)cc1. The minimum atomic E-state index is -3.72. The third-order valence-corrected chi connectivity index (χ3v) is 6.93. The summed E-state index contributed by atoms with van der Waals surface area (Å²) in [7, 11) is -6.02. The van der Waals surface area contributed by atoms with Crippen molar-refractivity contribution < 1.29 is 16.8 Å². The van der Waals surface area contributed by atoms with Gasteiger partial charge in [-0.25, -0.2) is 26.3 Å². The molecule has 0 atom stereocenters. The summed E-state index contributed by atoms with van der Waals surface area (Å²) in [5.74, 6) is 0. The maximum atomic E-state index is 12.4. The lowest BCUT2D eigenvalue weighted by atomic mass is 10.1. The lowest BCUT2D eigenvalue weighted by Gasteiger charge is -2.09. The zero-order chi connectivity index (χ0) is 18.1. The summed E-state index contributed by atoms with van der Waals surface area (Å²) in [6, 6.07) is 11.0. The van der Waals surface area contributed by atoms with Crippen LogP contribution in [-0.2, 0) is 39.7 Å². The van der Waals surface area contributed by atoms with Gasteiger partial charge >= 0.3 is 0 Å². The molecular weight excluding hydrogens is 362 g/mol. The smallest absolute Gasteiger partial charge is 0.240 e. The highest BCUT2D eigenvalue weighted by Gasteiger charge is 2.17. The standard InChI is InChI=1S/C16H19N3O4S2/c1-17-24(20,21)15-4-6-16(7-5-15)25(22,23)19-9-12-2-3-13-10-18-11-14(13)8-12/h2-8,17-19H,9-11H2,1H3. The Balaban J connectivity index is 1.73. The number of fused-ring (bicyclic) bond motifs is 1. The van der Waals surface area contributed by atoms with Gasteiger partial charge in [-0.1, -0.05) is 18.2 Å². The molecule has 1 heterocycles. The van der Waals surface area contributed by atoms with Crippen LogP contribution in [0.3, 0.4) is 0 Å². The van der Waals surface area contributed by atoms with Crippen LogP contribution in [0.4, 0.5) is 0 Å². The van der Waals surface area contributed by atoms with Crippen molar-refractivity contribution in [3.63, 3.8) is 0 Å². The molecule has 25 heavy (non-hydrogen) atoms. The summed E-state index contributed by atoms with van der Waals surface area (Å²) in [5, 5.41) is 3.24. The Bertz CT molecular complexity index is 985. The van der Waals surface area contributed by atoms with E-state index in [9.17, 15) is 16.8 Å². The Kier molecular flexibility index (Phi) is 4.94. The van der Waals surface area contributed by atoms with Crippen molar-refractivity contribution in [3.8, 4) is 0 Å². The first-order valence-electron chi connectivity index (χ1n) is 7.66. The van der Waals surface area contributed by atoms with Crippen LogP contribution < -0.4 is 14.8 Å². The second-order valence-electron chi connectivity index (χ2n) is 5.71. The minimum Gasteiger partial charge on any atom is -0.309 e. The van der Waals surface area contributed by atoms with Crippen molar-refractivity contribution in [3.05, 3.63) is 59.2 Å². The molecule has 3 rings (SSSR count). The fourth-order valence-electron chi connectivity index (χ4n) is 2.64. The second kappa shape index (κ2) is 6.85. The molecule has 0 amide bonds. The number of benzene rings is 2. The molecule has 0 saturated heterocycles. The maximum absolute atomic E-state index is 12.4. The van der Waals surface area contributed by atoms with Crippen molar-refractivity contribution in [2.45, 2.75) is 29.4 Å². The van der Waals surface area contributed by atoms with Gasteiger partial charge in [-0.3, -0.25) is 0 Å². The summed E-state index contributed by atoms with van der Waals surface area (Å²) in [6.45, 7) is 1.80. The third kappa shape index (κ3) is 3.91. The van der Waals surface area contributed by atoms with Crippen LogP contribution in [0, 0.1) is 0 Å². The predicted octanol–water partition coefficient (Wildman–Crippen LogP) is 0.676. The number of rotatable bonds is 6. The zero-order valence-corrected chi connectivity index (χ0v) is 15.2. The lowest BCUT2D eigenvalue weighted by molar-refractivity contribution is 0.579. The molecule has 0 aromatic heterocycles. The number of nitrogens with one attached hydrogen (secondary N) is 3. The van der Waals surface area contributed by atoms with Crippen LogP contribution in [0.2, 0.25) is 0 Å². The molecule has 2 aromatic rings. The maximum Gasteiger partial charge on any atom is 0.240 e. The van der Waals surface area contributed by atoms with Gasteiger partial charge in [-0.05, 0) is 48.0 Å². The van der Waals surface area contributed by atoms with E-state index in [4.69, 9.17) is 0 Å². The van der Waals surface area contributed by atoms with E-state index in [0.29, 0.717) is 0 Å². The average Bonchev–Trinajstić information content (AvgIpc) is 3.08. The van der Waals surface area contributed by atoms with Gasteiger partial charge in [0.05, 0.1) is 9.79 Å². The highest BCUT2D eigenvalue weighted by atomic mass is 32.2. The fraction of sp³-hybridized carbons (Fsp3) is 0.250. The van der Waals surface area contributed by atoms with Crippen LogP contribution in [0.15, 0.2) is 52.3 Å². The monoisotopic (exact) mass is 381 g/mol. The molecule has 0 aliphatic carbocycles. The highest BCUT2D eigenvalue weighted by Crippen LogP contribution is 2.18. The van der Waals surface area contributed by atoms with E-state index in [2.05, 4.69) is 14.8 Å². The van der Waals surface area contributed by atoms with E-state index in [1.165, 1.54) is 42.4 Å². The van der Waals surface area contributed by atoms with Crippen molar-refractivity contribution in [1.29, 1.82) is 0 Å². The van der Waals surface area contributed by atoms with E-state index in [0.717, 1.165) is 18.7 Å². The second-order valence-corrected chi connectivity index (χ2v) is 9.36. The van der Waals surface area contributed by atoms with Crippen LogP contribution in [0.5, 0.6) is 0 Å². The Morgan fingerprint density at radius 3 is 2.12 bits per heavy atom. The first kappa shape index (κ1) is 18.0. The summed E-state index contributed by atoms with van der Waals surface area (Å²) in [5.41, 5.74) is 3.28. The van der Waals surface area contributed by atoms with Gasteiger partial charge in [0.15, 0.2) is 0 Å². The molecule has 0 spiro atoms. The fourth-order valence-corrected chi connectivity index (χ4v) is 4.38. The zero-order valence-electron chi connectivity index (χ0n) is 13.6. The predicted molar refractivity (Wildman–Crippen MR) is 93.7 cm³/mol. The van der Waals surface area contributed by atoms with Gasteiger partial charge in [0.1, 0.15) is 0 Å². The number of hydrogen-bond donors (Lipinski definition) is 3. The molecule has 3 N–H and O–H groups in total. The summed E-state index contributed by atoms with van der Waals surface area (Å²) < 4.78 is 52.9. The topological polar surface area (TPSA) is 104 Å². The van der Waals surface area contributed by atoms with Crippen molar-refractivity contribution >= 4 is 20.0 Å². The van der Waals surface area contributed by atoms with E-state index < -0.39 is 20.0 Å². The van der Waals surface area contributed by atoms with Gasteiger partial charge in [0, 0.05) is 19.6 Å². The Morgan fingerprint density at radius 1 is 0.880 bits per heavy atom. The Hall–Kier alpha value is -1.78. The van der Waals surface area contributed by atoms with Crippen LogP contribution in [-0.4, -0.2) is 23.9 Å². The summed E-state index contributed by atoms with van der Waals surface area (Å²) in [6.07, 6.45) is 0. The minimum absolute atomic E-state index is 0.0140. The molecule has 0 bridgehead atoms. The van der Waals surface area contributed by atoms with Crippen LogP contribution in [0.1, 0.15) is 16.7 Å². The molecule has 1 aliphatic heterocycles.